The van der Waals surface area contributed by atoms with Crippen LogP contribution in [0.2, 0.25) is 0 Å². The van der Waals surface area contributed by atoms with Crippen LogP contribution in [0.25, 0.3) is 0 Å². The van der Waals surface area contributed by atoms with Gasteiger partial charge in [-0.15, -0.1) is 0 Å². The highest BCUT2D eigenvalue weighted by atomic mass is 29.6. The van der Waals surface area contributed by atoms with Gasteiger partial charge in [-0.25, -0.2) is 0 Å². The molecule has 0 bridgehead atoms. The van der Waals surface area contributed by atoms with Crippen molar-refractivity contribution in [3.8, 4) is 0 Å². The van der Waals surface area contributed by atoms with Gasteiger partial charge in [0.15, 0.2) is 8.08 Å². The molecule has 1 fully saturated rings. The van der Waals surface area contributed by atoms with Crippen molar-refractivity contribution in [2.75, 3.05) is 0 Å². The Kier molecular flexibility index (Phi) is 6.71. The van der Waals surface area contributed by atoms with E-state index in [0.717, 1.165) is 0 Å². The average molecular weight is 231 g/mol. The summed E-state index contributed by atoms with van der Waals surface area (Å²) in [6.45, 7) is 0. The van der Waals surface area contributed by atoms with E-state index in [2.05, 4.69) is 0 Å². The van der Waals surface area contributed by atoms with Crippen LogP contribution in [-0.2, 0) is 4.12 Å². The summed E-state index contributed by atoms with van der Waals surface area (Å²) in [5, 5.41) is 0. The molecule has 2 atom stereocenters. The summed E-state index contributed by atoms with van der Waals surface area (Å²) in [6, 6.07) is 0. The minimum atomic E-state index is -1.28. The van der Waals surface area contributed by atoms with Crippen LogP contribution in [0.3, 0.4) is 0 Å². The SMILES string of the molecule is O[SiH2][SiH2][SiH3].O[SiH]1O[SiH]1[SiH3]. The summed E-state index contributed by atoms with van der Waals surface area (Å²) in [5.74, 6) is 0. The van der Waals surface area contributed by atoms with Gasteiger partial charge in [-0.2, -0.15) is 0 Å². The molecule has 1 aliphatic rings. The molecular weight excluding hydrogens is 217 g/mol. The molecule has 1 aliphatic heterocycles. The van der Waals surface area contributed by atoms with Crippen LogP contribution >= 0.6 is 0 Å². The Morgan fingerprint density at radius 3 is 1.78 bits per heavy atom. The predicted molar refractivity (Wildman–Crippen MR) is 56.8 cm³/mol. The highest BCUT2D eigenvalue weighted by molar-refractivity contribution is 7.46. The van der Waals surface area contributed by atoms with E-state index < -0.39 is 16.9 Å². The van der Waals surface area contributed by atoms with E-state index in [1.807, 2.05) is 0 Å². The lowest BCUT2D eigenvalue weighted by atomic mass is 15.8. The highest BCUT2D eigenvalue weighted by Crippen LogP contribution is 2.01. The van der Waals surface area contributed by atoms with Gasteiger partial charge >= 0.3 is 8.80 Å². The smallest absolute Gasteiger partial charge is 0.311 e. The second-order valence-electron chi connectivity index (χ2n) is 1.96. The molecular formula is H14O3Si6. The Morgan fingerprint density at radius 2 is 1.78 bits per heavy atom. The Morgan fingerprint density at radius 1 is 1.56 bits per heavy atom. The van der Waals surface area contributed by atoms with Crippen LogP contribution in [0.5, 0.6) is 0 Å². The predicted octanol–water partition coefficient (Wildman–Crippen LogP) is -6.68. The maximum absolute atomic E-state index is 8.45. The van der Waals surface area contributed by atoms with Gasteiger partial charge in [0.2, 0.25) is 0 Å². The third-order valence-corrected chi connectivity index (χ3v) is 19.7. The van der Waals surface area contributed by atoms with Crippen molar-refractivity contribution in [1.82, 2.24) is 0 Å². The summed E-state index contributed by atoms with van der Waals surface area (Å²) in [4.78, 5) is 16.6. The number of hydrogen-bond donors (Lipinski definition) is 2. The average Bonchev–Trinajstić information content (AvgIpc) is 2.47. The van der Waals surface area contributed by atoms with Crippen LogP contribution in [0.15, 0.2) is 0 Å². The molecule has 2 unspecified atom stereocenters. The number of rotatable bonds is 1. The quantitative estimate of drug-likeness (QED) is 0.348. The van der Waals surface area contributed by atoms with Crippen molar-refractivity contribution in [1.29, 1.82) is 0 Å². The fourth-order valence-corrected chi connectivity index (χ4v) is 8.96. The van der Waals surface area contributed by atoms with Gasteiger partial charge in [0.05, 0.1) is 0 Å². The Labute approximate surface area is 68.2 Å². The Hall–Kier alpha value is 1.18. The maximum Gasteiger partial charge on any atom is 0.311 e. The molecule has 0 aromatic heterocycles. The minimum Gasteiger partial charge on any atom is -0.442 e. The Balaban J connectivity index is 0.000000148. The lowest BCUT2D eigenvalue weighted by Gasteiger charge is -1.64. The van der Waals surface area contributed by atoms with E-state index in [9.17, 15) is 0 Å². The molecule has 1 rings (SSSR count). The first-order valence-electron chi connectivity index (χ1n) is 3.16. The van der Waals surface area contributed by atoms with E-state index in [1.165, 1.54) is 19.5 Å². The minimum absolute atomic E-state index is 0.258. The second kappa shape index (κ2) is 5.93. The van der Waals surface area contributed by atoms with Crippen LogP contribution in [-0.4, -0.2) is 63.8 Å². The van der Waals surface area contributed by atoms with Crippen molar-refractivity contribution in [2.45, 2.75) is 0 Å². The van der Waals surface area contributed by atoms with Gasteiger partial charge in [0.25, 0.3) is 0 Å². The fourth-order valence-electron chi connectivity index (χ4n) is 0.175. The van der Waals surface area contributed by atoms with Crippen LogP contribution in [0.4, 0.5) is 0 Å². The molecule has 0 spiro atoms. The molecule has 9 heteroatoms. The van der Waals surface area contributed by atoms with Crippen molar-refractivity contribution < 1.29 is 13.7 Å². The van der Waals surface area contributed by atoms with Gasteiger partial charge in [-0.1, -0.05) is 0 Å². The normalized spacial score (nSPS) is 34.0. The van der Waals surface area contributed by atoms with Crippen molar-refractivity contribution in [2.24, 2.45) is 0 Å². The van der Waals surface area contributed by atoms with E-state index >= 15 is 0 Å². The van der Waals surface area contributed by atoms with Gasteiger partial charge in [-0.3, -0.25) is 0 Å². The largest absolute Gasteiger partial charge is 0.442 e. The van der Waals surface area contributed by atoms with Crippen LogP contribution in [0.1, 0.15) is 0 Å². The molecule has 9 heavy (non-hydrogen) atoms. The molecule has 0 aromatic carbocycles. The van der Waals surface area contributed by atoms with Crippen molar-refractivity contribution in [3.63, 3.8) is 0 Å². The van der Waals surface area contributed by atoms with Gasteiger partial charge in [-0.05, 0) is 9.76 Å². The molecule has 0 saturated carbocycles. The molecule has 0 radical (unpaired) electrons. The van der Waals surface area contributed by atoms with Crippen LogP contribution in [0, 0.1) is 0 Å². The van der Waals surface area contributed by atoms with Gasteiger partial charge < -0.3 is 13.7 Å². The fraction of sp³-hybridized carbons (Fsp3) is 0. The first-order chi connectivity index (χ1) is 4.22. The molecule has 0 aliphatic carbocycles. The summed E-state index contributed by atoms with van der Waals surface area (Å²) >= 11 is 0. The van der Waals surface area contributed by atoms with Gasteiger partial charge in [0, 0.05) is 18.3 Å². The first-order valence-corrected chi connectivity index (χ1v) is 22.2. The van der Waals surface area contributed by atoms with Gasteiger partial charge in [0.1, 0.15) is 9.28 Å². The first kappa shape index (κ1) is 10.2. The molecule has 3 nitrogen and oxygen atoms in total. The molecule has 56 valence electrons. The lowest BCUT2D eigenvalue weighted by molar-refractivity contribution is 0.520. The number of hydrogen-bond acceptors (Lipinski definition) is 3. The third-order valence-electron chi connectivity index (χ3n) is 0.903. The zero-order chi connectivity index (χ0) is 7.28. The summed E-state index contributed by atoms with van der Waals surface area (Å²) < 4.78 is 4.81. The van der Waals surface area contributed by atoms with E-state index in [0.29, 0.717) is 0 Å². The highest BCUT2D eigenvalue weighted by Gasteiger charge is 2.36. The molecule has 0 aromatic rings. The Bertz CT molecular complexity index is 57.3. The monoisotopic (exact) mass is 230 g/mol. The molecule has 2 N–H and O–H groups in total. The lowest BCUT2D eigenvalue weighted by Crippen LogP contribution is -1.99. The standard InChI is InChI=1S/H6O2Si3.H8OSi3/c1-4-2-5(4)3;1-3-4-2/h1,4-5H,3H3;1H,3-4H2,2H3. The van der Waals surface area contributed by atoms with Crippen molar-refractivity contribution >= 4 is 54.2 Å². The summed E-state index contributed by atoms with van der Waals surface area (Å²) in [6.07, 6.45) is 0. The maximum atomic E-state index is 8.45. The topological polar surface area (TPSA) is 53.0 Å². The summed E-state index contributed by atoms with van der Waals surface area (Å²) in [7, 11) is 0.463. The van der Waals surface area contributed by atoms with E-state index in [-0.39, 0.29) is 17.8 Å². The molecule has 1 heterocycles. The van der Waals surface area contributed by atoms with Crippen molar-refractivity contribution in [3.05, 3.63) is 0 Å². The molecule has 0 amide bonds. The summed E-state index contributed by atoms with van der Waals surface area (Å²) in [5.41, 5.74) is 0. The second-order valence-corrected chi connectivity index (χ2v) is 32.0. The third kappa shape index (κ3) is 7.07. The van der Waals surface area contributed by atoms with E-state index in [4.69, 9.17) is 13.7 Å². The zero-order valence-electron chi connectivity index (χ0n) is 5.87. The molecule has 1 saturated heterocycles. The zero-order valence-corrected chi connectivity index (χ0v) is 15.0. The van der Waals surface area contributed by atoms with E-state index in [1.54, 1.807) is 0 Å². The van der Waals surface area contributed by atoms with Crippen LogP contribution < -0.4 is 0 Å².